The van der Waals surface area contributed by atoms with Gasteiger partial charge in [-0.05, 0) is 45.7 Å². The predicted octanol–water partition coefficient (Wildman–Crippen LogP) is 1.93. The van der Waals surface area contributed by atoms with Gasteiger partial charge < -0.3 is 10.3 Å². The average molecular weight is 250 g/mol. The van der Waals surface area contributed by atoms with Crippen LogP contribution in [0, 0.1) is 5.92 Å². The van der Waals surface area contributed by atoms with E-state index in [1.54, 1.807) is 0 Å². The first-order valence-corrected chi connectivity index (χ1v) is 7.07. The first kappa shape index (κ1) is 13.6. The zero-order valence-corrected chi connectivity index (χ0v) is 11.8. The molecule has 4 heteroatoms. The summed E-state index contributed by atoms with van der Waals surface area (Å²) in [6.45, 7) is 6.49. The van der Waals surface area contributed by atoms with Gasteiger partial charge in [0.05, 0.1) is 18.1 Å². The zero-order valence-electron chi connectivity index (χ0n) is 11.8. The van der Waals surface area contributed by atoms with Crippen molar-refractivity contribution in [1.82, 2.24) is 14.5 Å². The summed E-state index contributed by atoms with van der Waals surface area (Å²) in [4.78, 5) is 6.88. The number of nitrogens with zero attached hydrogens (tertiary/aromatic N) is 3. The van der Waals surface area contributed by atoms with Gasteiger partial charge in [0.1, 0.15) is 0 Å². The molecule has 0 bridgehead atoms. The van der Waals surface area contributed by atoms with Crippen LogP contribution in [0.2, 0.25) is 0 Å². The van der Waals surface area contributed by atoms with Crippen LogP contribution >= 0.6 is 0 Å². The molecule has 4 nitrogen and oxygen atoms in total. The van der Waals surface area contributed by atoms with Gasteiger partial charge in [-0.2, -0.15) is 0 Å². The highest BCUT2D eigenvalue weighted by atomic mass is 15.2. The maximum atomic E-state index is 6.03. The van der Waals surface area contributed by atoms with Gasteiger partial charge in [-0.1, -0.05) is 6.42 Å². The van der Waals surface area contributed by atoms with E-state index in [0.29, 0.717) is 18.0 Å². The minimum atomic E-state index is 0.421. The third kappa shape index (κ3) is 2.59. The molecule has 2 rings (SSSR count). The van der Waals surface area contributed by atoms with E-state index in [1.165, 1.54) is 31.5 Å². The molecule has 0 aliphatic carbocycles. The number of nitrogens with two attached hydrogens (primary N) is 1. The lowest BCUT2D eigenvalue weighted by atomic mass is 9.92. The molecular formula is C14H26N4. The van der Waals surface area contributed by atoms with E-state index >= 15 is 0 Å². The van der Waals surface area contributed by atoms with Crippen molar-refractivity contribution in [3.63, 3.8) is 0 Å². The molecule has 0 aromatic carbocycles. The zero-order chi connectivity index (χ0) is 13.1. The van der Waals surface area contributed by atoms with Crippen molar-refractivity contribution in [2.45, 2.75) is 45.2 Å². The number of rotatable bonds is 3. The SMILES string of the molecule is CC(C)N1CCCCC(CN)C1c1cncn1C. The van der Waals surface area contributed by atoms with Crippen LogP contribution in [0.15, 0.2) is 12.5 Å². The van der Waals surface area contributed by atoms with Gasteiger partial charge in [-0.15, -0.1) is 0 Å². The Hall–Kier alpha value is -0.870. The highest BCUT2D eigenvalue weighted by Crippen LogP contribution is 2.35. The number of likely N-dealkylation sites (tertiary alicyclic amines) is 1. The summed E-state index contributed by atoms with van der Waals surface area (Å²) in [7, 11) is 2.08. The Balaban J connectivity index is 2.35. The summed E-state index contributed by atoms with van der Waals surface area (Å²) in [6, 6.07) is 0.974. The van der Waals surface area contributed by atoms with E-state index in [4.69, 9.17) is 5.73 Å². The van der Waals surface area contributed by atoms with Crippen molar-refractivity contribution in [3.8, 4) is 0 Å². The number of hydrogen-bond donors (Lipinski definition) is 1. The topological polar surface area (TPSA) is 47.1 Å². The Morgan fingerprint density at radius 1 is 1.44 bits per heavy atom. The molecule has 1 aromatic heterocycles. The second-order valence-electron chi connectivity index (χ2n) is 5.70. The Bertz CT molecular complexity index is 372. The molecule has 2 unspecified atom stereocenters. The molecule has 0 spiro atoms. The second-order valence-corrected chi connectivity index (χ2v) is 5.70. The minimum Gasteiger partial charge on any atom is -0.336 e. The third-order valence-corrected chi connectivity index (χ3v) is 4.17. The smallest absolute Gasteiger partial charge is 0.0946 e. The Kier molecular flexibility index (Phi) is 4.40. The summed E-state index contributed by atoms with van der Waals surface area (Å²) < 4.78 is 2.15. The molecule has 1 aliphatic heterocycles. The highest BCUT2D eigenvalue weighted by Gasteiger charge is 2.33. The lowest BCUT2D eigenvalue weighted by molar-refractivity contribution is 0.116. The quantitative estimate of drug-likeness (QED) is 0.891. The average Bonchev–Trinajstić information content (AvgIpc) is 2.64. The molecular weight excluding hydrogens is 224 g/mol. The molecule has 1 saturated heterocycles. The molecule has 1 fully saturated rings. The fraction of sp³-hybridized carbons (Fsp3) is 0.786. The standard InChI is InChI=1S/C14H26N4/c1-11(2)18-7-5-4-6-12(8-15)14(18)13-9-16-10-17(13)3/h9-12,14H,4-8,15H2,1-3H3. The van der Waals surface area contributed by atoms with Crippen LogP contribution in [0.1, 0.15) is 44.8 Å². The lowest BCUT2D eigenvalue weighted by Gasteiger charge is -2.37. The van der Waals surface area contributed by atoms with Crippen molar-refractivity contribution in [2.24, 2.45) is 18.7 Å². The summed E-state index contributed by atoms with van der Waals surface area (Å²) in [6.07, 6.45) is 7.71. The fourth-order valence-corrected chi connectivity index (χ4v) is 3.16. The monoisotopic (exact) mass is 250 g/mol. The molecule has 2 heterocycles. The maximum absolute atomic E-state index is 6.03. The van der Waals surface area contributed by atoms with Gasteiger partial charge in [-0.3, -0.25) is 4.90 Å². The van der Waals surface area contributed by atoms with E-state index in [1.807, 2.05) is 12.5 Å². The van der Waals surface area contributed by atoms with Crippen LogP contribution in [0.5, 0.6) is 0 Å². The summed E-state index contributed by atoms with van der Waals surface area (Å²) >= 11 is 0. The van der Waals surface area contributed by atoms with Crippen molar-refractivity contribution >= 4 is 0 Å². The third-order valence-electron chi connectivity index (χ3n) is 4.17. The molecule has 2 atom stereocenters. The molecule has 0 radical (unpaired) electrons. The van der Waals surface area contributed by atoms with Crippen LogP contribution in [0.25, 0.3) is 0 Å². The van der Waals surface area contributed by atoms with E-state index in [2.05, 4.69) is 35.3 Å². The van der Waals surface area contributed by atoms with Crippen LogP contribution < -0.4 is 5.73 Å². The van der Waals surface area contributed by atoms with Gasteiger partial charge in [-0.25, -0.2) is 4.98 Å². The lowest BCUT2D eigenvalue weighted by Crippen LogP contribution is -2.40. The van der Waals surface area contributed by atoms with Crippen LogP contribution in [0.4, 0.5) is 0 Å². The van der Waals surface area contributed by atoms with Gasteiger partial charge in [0.15, 0.2) is 0 Å². The first-order valence-electron chi connectivity index (χ1n) is 7.07. The van der Waals surface area contributed by atoms with Gasteiger partial charge in [0.2, 0.25) is 0 Å². The molecule has 0 amide bonds. The normalized spacial score (nSPS) is 26.5. The van der Waals surface area contributed by atoms with Crippen LogP contribution in [-0.2, 0) is 7.05 Å². The number of hydrogen-bond acceptors (Lipinski definition) is 3. The summed E-state index contributed by atoms with van der Waals surface area (Å²) in [5, 5.41) is 0. The summed E-state index contributed by atoms with van der Waals surface area (Å²) in [5.74, 6) is 0.547. The van der Waals surface area contributed by atoms with E-state index in [0.717, 1.165) is 6.54 Å². The van der Waals surface area contributed by atoms with Crippen molar-refractivity contribution < 1.29 is 0 Å². The number of aryl methyl sites for hydroxylation is 1. The molecule has 1 aliphatic rings. The highest BCUT2D eigenvalue weighted by molar-refractivity contribution is 5.08. The van der Waals surface area contributed by atoms with Crippen LogP contribution in [0.3, 0.4) is 0 Å². The van der Waals surface area contributed by atoms with E-state index < -0.39 is 0 Å². The van der Waals surface area contributed by atoms with Gasteiger partial charge in [0.25, 0.3) is 0 Å². The molecule has 2 N–H and O–H groups in total. The van der Waals surface area contributed by atoms with Gasteiger partial charge >= 0.3 is 0 Å². The van der Waals surface area contributed by atoms with Crippen molar-refractivity contribution in [2.75, 3.05) is 13.1 Å². The maximum Gasteiger partial charge on any atom is 0.0946 e. The predicted molar refractivity (Wildman–Crippen MR) is 74.2 cm³/mol. The first-order chi connectivity index (χ1) is 8.65. The number of imidazole rings is 1. The van der Waals surface area contributed by atoms with Gasteiger partial charge in [0, 0.05) is 19.3 Å². The molecule has 0 saturated carbocycles. The fourth-order valence-electron chi connectivity index (χ4n) is 3.16. The largest absolute Gasteiger partial charge is 0.336 e. The number of aromatic nitrogens is 2. The Labute approximate surface area is 110 Å². The second kappa shape index (κ2) is 5.85. The van der Waals surface area contributed by atoms with Crippen LogP contribution in [-0.4, -0.2) is 33.6 Å². The molecule has 18 heavy (non-hydrogen) atoms. The summed E-state index contributed by atoms with van der Waals surface area (Å²) in [5.41, 5.74) is 7.33. The van der Waals surface area contributed by atoms with Crippen molar-refractivity contribution in [3.05, 3.63) is 18.2 Å². The van der Waals surface area contributed by atoms with E-state index in [-0.39, 0.29) is 0 Å². The Morgan fingerprint density at radius 2 is 2.22 bits per heavy atom. The molecule has 1 aromatic rings. The van der Waals surface area contributed by atoms with E-state index in [9.17, 15) is 0 Å². The Morgan fingerprint density at radius 3 is 2.78 bits per heavy atom. The van der Waals surface area contributed by atoms with Crippen molar-refractivity contribution in [1.29, 1.82) is 0 Å². The minimum absolute atomic E-state index is 0.421. The molecule has 102 valence electrons.